The Labute approximate surface area is 367 Å². The van der Waals surface area contributed by atoms with Crippen LogP contribution >= 0.6 is 0 Å². The summed E-state index contributed by atoms with van der Waals surface area (Å²) in [5, 5.41) is 8.14. The molecule has 0 radical (unpaired) electrons. The van der Waals surface area contributed by atoms with Crippen LogP contribution in [0.25, 0.3) is 65.6 Å². The molecule has 0 spiro atoms. The summed E-state index contributed by atoms with van der Waals surface area (Å²) in [6, 6.07) is 29.6. The summed E-state index contributed by atoms with van der Waals surface area (Å²) in [7, 11) is 0. The SMILES string of the molecule is CC(C)(C)c1ccc2c(c1)c1cc(C(C)(C)C)cc3c1n2-c1c2c(c4c5cc(C(C)(C)C)ccc5n5c6ccc(C(C)(C)C)cc6c1c45)N1c4c(ccnc4C(C)(C)C1(C)C)B23. The molecule has 9 aromatic rings. The molecule has 0 unspecified atom stereocenters. The molecule has 0 saturated carbocycles. The normalized spacial score (nSPS) is 16.9. The number of fused-ring (bicyclic) bond motifs is 15. The molecule has 0 saturated heterocycles. The Kier molecular flexibility index (Phi) is 6.86. The Balaban J connectivity index is 1.42. The van der Waals surface area contributed by atoms with Crippen LogP contribution in [0.1, 0.15) is 139 Å². The van der Waals surface area contributed by atoms with Crippen molar-refractivity contribution in [2.45, 2.75) is 143 Å². The van der Waals surface area contributed by atoms with Crippen LogP contribution < -0.4 is 21.3 Å². The second kappa shape index (κ2) is 11.1. The highest BCUT2D eigenvalue weighted by molar-refractivity contribution is 7.01. The van der Waals surface area contributed by atoms with E-state index in [9.17, 15) is 0 Å². The monoisotopic (exact) mass is 812 g/mol. The molecule has 0 amide bonds. The first-order valence-corrected chi connectivity index (χ1v) is 23.1. The van der Waals surface area contributed by atoms with Gasteiger partial charge >= 0.3 is 0 Å². The molecular formula is C57H61BN4. The van der Waals surface area contributed by atoms with Crippen LogP contribution in [-0.2, 0) is 27.1 Å². The van der Waals surface area contributed by atoms with Gasteiger partial charge in [-0.1, -0.05) is 121 Å². The number of nitrogens with zero attached hydrogens (tertiary/aromatic N) is 4. The predicted octanol–water partition coefficient (Wildman–Crippen LogP) is 12.9. The topological polar surface area (TPSA) is 25.5 Å². The molecular weight excluding hydrogens is 751 g/mol. The number of hydrogen-bond donors (Lipinski definition) is 0. The van der Waals surface area contributed by atoms with Gasteiger partial charge in [-0.05, 0) is 123 Å². The fourth-order valence-corrected chi connectivity index (χ4v) is 12.0. The summed E-state index contributed by atoms with van der Waals surface area (Å²) in [4.78, 5) is 8.12. The highest BCUT2D eigenvalue weighted by Gasteiger charge is 2.58. The van der Waals surface area contributed by atoms with E-state index in [1.165, 1.54) is 121 Å². The zero-order valence-corrected chi connectivity index (χ0v) is 39.9. The maximum Gasteiger partial charge on any atom is 0.252 e. The average molecular weight is 813 g/mol. The first-order chi connectivity index (χ1) is 28.8. The van der Waals surface area contributed by atoms with Crippen molar-refractivity contribution in [2.24, 2.45) is 0 Å². The molecule has 3 aliphatic rings. The van der Waals surface area contributed by atoms with E-state index in [-0.39, 0.29) is 39.3 Å². The predicted molar refractivity (Wildman–Crippen MR) is 268 cm³/mol. The minimum absolute atomic E-state index is 0.00842. The minimum atomic E-state index is -0.286. The van der Waals surface area contributed by atoms with Crippen LogP contribution in [0.15, 0.2) is 79.0 Å². The van der Waals surface area contributed by atoms with Gasteiger partial charge < -0.3 is 13.9 Å². The van der Waals surface area contributed by atoms with E-state index in [4.69, 9.17) is 4.98 Å². The van der Waals surface area contributed by atoms with Gasteiger partial charge in [0.15, 0.2) is 0 Å². The lowest BCUT2D eigenvalue weighted by atomic mass is 9.33. The van der Waals surface area contributed by atoms with Crippen LogP contribution in [-0.4, -0.2) is 26.2 Å². The number of pyridine rings is 1. The maximum atomic E-state index is 5.34. The highest BCUT2D eigenvalue weighted by Crippen LogP contribution is 2.59. The third-order valence-electron chi connectivity index (χ3n) is 16.3. The molecule has 62 heavy (non-hydrogen) atoms. The number of anilines is 2. The lowest BCUT2D eigenvalue weighted by Crippen LogP contribution is -2.63. The van der Waals surface area contributed by atoms with Gasteiger partial charge in [0.25, 0.3) is 6.71 Å². The van der Waals surface area contributed by atoms with E-state index >= 15 is 0 Å². The van der Waals surface area contributed by atoms with Gasteiger partial charge in [-0.2, -0.15) is 0 Å². The summed E-state index contributed by atoms with van der Waals surface area (Å²) < 4.78 is 5.39. The van der Waals surface area contributed by atoms with Crippen LogP contribution in [0, 0.1) is 0 Å². The summed E-state index contributed by atoms with van der Waals surface area (Å²) in [5.74, 6) is 0. The van der Waals surface area contributed by atoms with Gasteiger partial charge in [0.1, 0.15) is 0 Å². The van der Waals surface area contributed by atoms with E-state index in [1.54, 1.807) is 0 Å². The first kappa shape index (κ1) is 38.4. The largest absolute Gasteiger partial charge is 0.334 e. The lowest BCUT2D eigenvalue weighted by molar-refractivity contribution is 0.325. The Morgan fingerprint density at radius 3 is 1.53 bits per heavy atom. The van der Waals surface area contributed by atoms with E-state index in [1.807, 2.05) is 0 Å². The maximum absolute atomic E-state index is 5.34. The van der Waals surface area contributed by atoms with Crippen molar-refractivity contribution in [3.63, 3.8) is 0 Å². The molecule has 0 aliphatic carbocycles. The molecule has 5 heteroatoms. The Bertz CT molecular complexity index is 3510. The number of aromatic nitrogens is 3. The summed E-state index contributed by atoms with van der Waals surface area (Å²) in [6.07, 6.45) is 2.12. The van der Waals surface area contributed by atoms with Crippen molar-refractivity contribution in [3.05, 3.63) is 107 Å². The van der Waals surface area contributed by atoms with Gasteiger partial charge in [0, 0.05) is 55.1 Å². The van der Waals surface area contributed by atoms with Gasteiger partial charge in [0.2, 0.25) is 0 Å². The van der Waals surface area contributed by atoms with Gasteiger partial charge in [-0.25, -0.2) is 0 Å². The Morgan fingerprint density at radius 2 is 0.984 bits per heavy atom. The molecule has 5 aromatic carbocycles. The van der Waals surface area contributed by atoms with Crippen molar-refractivity contribution < 1.29 is 0 Å². The summed E-state index contributed by atoms with van der Waals surface area (Å²) in [6.45, 7) is 38.2. The Morgan fingerprint density at radius 1 is 0.484 bits per heavy atom. The van der Waals surface area contributed by atoms with Crippen LogP contribution in [0.5, 0.6) is 0 Å². The first-order valence-electron chi connectivity index (χ1n) is 23.1. The highest BCUT2D eigenvalue weighted by atomic mass is 15.3. The van der Waals surface area contributed by atoms with Crippen molar-refractivity contribution in [3.8, 4) is 5.69 Å². The molecule has 7 heterocycles. The molecule has 3 aliphatic heterocycles. The van der Waals surface area contributed by atoms with E-state index < -0.39 is 0 Å². The summed E-state index contributed by atoms with van der Waals surface area (Å²) >= 11 is 0. The fraction of sp³-hybridized carbons (Fsp3) is 0.386. The van der Waals surface area contributed by atoms with Crippen molar-refractivity contribution >= 4 is 94.4 Å². The van der Waals surface area contributed by atoms with E-state index in [2.05, 4.69) is 204 Å². The molecule has 0 N–H and O–H groups in total. The van der Waals surface area contributed by atoms with Crippen molar-refractivity contribution in [1.29, 1.82) is 0 Å². The van der Waals surface area contributed by atoms with E-state index in [0.717, 1.165) is 0 Å². The quantitative estimate of drug-likeness (QED) is 0.143. The van der Waals surface area contributed by atoms with Crippen molar-refractivity contribution in [2.75, 3.05) is 4.90 Å². The molecule has 4 aromatic heterocycles. The number of rotatable bonds is 0. The van der Waals surface area contributed by atoms with E-state index in [0.29, 0.717) is 0 Å². The second-order valence-electron chi connectivity index (χ2n) is 24.6. The van der Waals surface area contributed by atoms with Gasteiger partial charge in [-0.15, -0.1) is 0 Å². The zero-order chi connectivity index (χ0) is 43.9. The van der Waals surface area contributed by atoms with Crippen LogP contribution in [0.3, 0.4) is 0 Å². The van der Waals surface area contributed by atoms with Gasteiger partial charge in [0.05, 0.1) is 44.7 Å². The van der Waals surface area contributed by atoms with Crippen LogP contribution in [0.4, 0.5) is 11.4 Å². The molecule has 0 fully saturated rings. The lowest BCUT2D eigenvalue weighted by Gasteiger charge is -2.47. The number of hydrogen-bond acceptors (Lipinski definition) is 2. The second-order valence-corrected chi connectivity index (χ2v) is 24.6. The molecule has 0 atom stereocenters. The summed E-state index contributed by atoms with van der Waals surface area (Å²) in [5.41, 5.74) is 20.9. The van der Waals surface area contributed by atoms with Crippen LogP contribution in [0.2, 0.25) is 0 Å². The third-order valence-corrected chi connectivity index (χ3v) is 16.3. The standard InChI is InChI=1S/C57H61BN4/c1-52(2,3)30-17-20-40-34(25-30)35-28-33(55(10,11)12)29-39-46(35)61(40)49-43-36-26-31(53(4,5)6)18-21-41(36)60-42-22-19-32(54(7,8)9)27-37(42)44(48(43)60)50-45(49)58(39)38-23-24-59-51-47(38)62(50)57(15,16)56(51,13)14/h17-29H,1-16H3. The fourth-order valence-electron chi connectivity index (χ4n) is 12.0. The number of benzene rings is 5. The molecule has 12 rings (SSSR count). The molecule has 0 bridgehead atoms. The molecule has 312 valence electrons. The van der Waals surface area contributed by atoms with Crippen molar-refractivity contribution in [1.82, 2.24) is 14.0 Å². The third kappa shape index (κ3) is 4.43. The molecule has 4 nitrogen and oxygen atoms in total. The Hall–Kier alpha value is -5.29. The van der Waals surface area contributed by atoms with Gasteiger partial charge in [-0.3, -0.25) is 4.98 Å². The minimum Gasteiger partial charge on any atom is -0.334 e. The zero-order valence-electron chi connectivity index (χ0n) is 39.9. The average Bonchev–Trinajstić information content (AvgIpc) is 3.85. The smallest absolute Gasteiger partial charge is 0.252 e.